The normalized spacial score (nSPS) is 12.0. The molecular formula is HCl2NO4S2Y-2. The molecule has 0 saturated heterocycles. The minimum absolute atomic E-state index is 0. The van der Waals surface area contributed by atoms with Crippen molar-refractivity contribution in [1.82, 2.24) is 0 Å². The number of hydrogen-bond donors (Lipinski definition) is 0. The summed E-state index contributed by atoms with van der Waals surface area (Å²) in [7, 11) is 2.03. The van der Waals surface area contributed by atoms with Gasteiger partial charge < -0.3 is 9.69 Å². The SMILES string of the molecule is O=S([O-])Cl.[NH-]S(=O)(=O)Cl.[Y]. The number of halogens is 2. The summed E-state index contributed by atoms with van der Waals surface area (Å²) >= 11 is 0. The molecule has 0 heterocycles. The van der Waals surface area contributed by atoms with Crippen LogP contribution in [0.4, 0.5) is 0 Å². The largest absolute Gasteiger partial charge is 0.760 e. The molecule has 1 unspecified atom stereocenters. The summed E-state index contributed by atoms with van der Waals surface area (Å²) in [6.45, 7) is 0. The second-order valence-electron chi connectivity index (χ2n) is 0.632. The first kappa shape index (κ1) is 17.7. The molecule has 0 amide bonds. The molecule has 1 atom stereocenters. The third-order valence-electron chi connectivity index (χ3n) is 0. The van der Waals surface area contributed by atoms with E-state index in [4.69, 9.17) is 22.3 Å². The Morgan fingerprint density at radius 1 is 1.50 bits per heavy atom. The topological polar surface area (TPSA) is 98.1 Å². The van der Waals surface area contributed by atoms with Crippen molar-refractivity contribution in [2.45, 2.75) is 0 Å². The van der Waals surface area contributed by atoms with Crippen molar-refractivity contribution in [2.75, 3.05) is 0 Å². The number of nitrogens with one attached hydrogen (secondary N) is 1. The zero-order chi connectivity index (χ0) is 8.08. The van der Waals surface area contributed by atoms with E-state index < -0.39 is 19.5 Å². The summed E-state index contributed by atoms with van der Waals surface area (Å²) < 4.78 is 35.7. The molecule has 0 saturated carbocycles. The van der Waals surface area contributed by atoms with Gasteiger partial charge in [0, 0.05) is 43.0 Å². The predicted octanol–water partition coefficient (Wildman–Crippen LogP) is 0.539. The Hall–Kier alpha value is 1.70. The van der Waals surface area contributed by atoms with Crippen LogP contribution >= 0.6 is 21.4 Å². The Labute approximate surface area is 94.9 Å². The van der Waals surface area contributed by atoms with Crippen LogP contribution in [0.2, 0.25) is 0 Å². The standard InChI is InChI=1S/ClHNO2S.ClHO2S.Y/c1-5(2,3)4;1-4(2)3;/h(H-,2,3,4);(H,2,3);/q-1;;/p-1. The van der Waals surface area contributed by atoms with Crippen LogP contribution in [0.5, 0.6) is 0 Å². The number of hydrogen-bond acceptors (Lipinski definition) is 4. The fourth-order valence-electron chi connectivity index (χ4n) is 0. The van der Waals surface area contributed by atoms with E-state index in [0.29, 0.717) is 0 Å². The molecule has 0 fully saturated rings. The molecule has 0 aliphatic carbocycles. The molecule has 0 aromatic heterocycles. The molecule has 0 rings (SSSR count). The average Bonchev–Trinajstić information content (AvgIpc) is 1.19. The van der Waals surface area contributed by atoms with Crippen molar-refractivity contribution < 1.29 is 49.9 Å². The van der Waals surface area contributed by atoms with E-state index in [1.165, 1.54) is 0 Å². The van der Waals surface area contributed by atoms with Crippen molar-refractivity contribution in [2.24, 2.45) is 0 Å². The van der Waals surface area contributed by atoms with Crippen LogP contribution in [0.25, 0.3) is 5.14 Å². The molecule has 10 heteroatoms. The molecule has 0 aromatic carbocycles. The molecule has 5 nitrogen and oxygen atoms in total. The molecule has 61 valence electrons. The maximum Gasteiger partial charge on any atom is 0.154 e. The molecule has 0 aliphatic rings. The van der Waals surface area contributed by atoms with Crippen molar-refractivity contribution in [3.63, 3.8) is 0 Å². The van der Waals surface area contributed by atoms with Crippen molar-refractivity contribution in [3.8, 4) is 0 Å². The number of rotatable bonds is 0. The van der Waals surface area contributed by atoms with E-state index in [1.54, 1.807) is 0 Å². The van der Waals surface area contributed by atoms with Gasteiger partial charge in [0.1, 0.15) is 0 Å². The van der Waals surface area contributed by atoms with E-state index in [1.807, 2.05) is 0 Å². The van der Waals surface area contributed by atoms with Crippen LogP contribution in [0, 0.1) is 0 Å². The molecular weight excluding hydrogens is 302 g/mol. The van der Waals surface area contributed by atoms with Gasteiger partial charge in [0.25, 0.3) is 0 Å². The molecule has 10 heavy (non-hydrogen) atoms. The van der Waals surface area contributed by atoms with Gasteiger partial charge in [-0.1, -0.05) is 0 Å². The van der Waals surface area contributed by atoms with E-state index in [-0.39, 0.29) is 32.7 Å². The zero-order valence-electron chi connectivity index (χ0n) is 4.28. The van der Waals surface area contributed by atoms with Gasteiger partial charge in [0.05, 0.1) is 0 Å². The van der Waals surface area contributed by atoms with Gasteiger partial charge in [0.2, 0.25) is 0 Å². The van der Waals surface area contributed by atoms with Crippen LogP contribution in [0.1, 0.15) is 0 Å². The summed E-state index contributed by atoms with van der Waals surface area (Å²) in [5.41, 5.74) is 0. The Kier molecular flexibility index (Phi) is 15.6. The second kappa shape index (κ2) is 8.80. The van der Waals surface area contributed by atoms with E-state index in [0.717, 1.165) is 0 Å². The van der Waals surface area contributed by atoms with Crippen LogP contribution < -0.4 is 0 Å². The Morgan fingerprint density at radius 3 is 1.50 bits per heavy atom. The van der Waals surface area contributed by atoms with Crippen molar-refractivity contribution >= 4 is 40.9 Å². The third kappa shape index (κ3) is 253. The maximum absolute atomic E-state index is 9.06. The van der Waals surface area contributed by atoms with Gasteiger partial charge in [-0.2, -0.15) is 0 Å². The van der Waals surface area contributed by atoms with Gasteiger partial charge in [0.15, 0.2) is 9.24 Å². The monoisotopic (exact) mass is 302 g/mol. The fraction of sp³-hybridized carbons (Fsp3) is 0. The van der Waals surface area contributed by atoms with Gasteiger partial charge in [-0.25, -0.2) is 8.42 Å². The molecule has 1 radical (unpaired) electrons. The summed E-state index contributed by atoms with van der Waals surface area (Å²) in [6.07, 6.45) is 0. The second-order valence-corrected chi connectivity index (χ2v) is 3.87. The van der Waals surface area contributed by atoms with E-state index >= 15 is 0 Å². The first-order valence-electron chi connectivity index (χ1n) is 1.18. The van der Waals surface area contributed by atoms with Crippen LogP contribution in [-0.4, -0.2) is 17.2 Å². The molecule has 0 spiro atoms. The van der Waals surface area contributed by atoms with Gasteiger partial charge >= 0.3 is 0 Å². The zero-order valence-corrected chi connectivity index (χ0v) is 10.3. The summed E-state index contributed by atoms with van der Waals surface area (Å²) in [5.74, 6) is 0. The minimum atomic E-state index is -3.94. The predicted molar refractivity (Wildman–Crippen MR) is 33.9 cm³/mol. The maximum atomic E-state index is 9.06. The van der Waals surface area contributed by atoms with Crippen LogP contribution in [-0.2, 0) is 52.2 Å². The molecule has 0 aromatic rings. The first-order chi connectivity index (χ1) is 3.73. The molecule has 0 bridgehead atoms. The quantitative estimate of drug-likeness (QED) is 0.481. The Bertz CT molecular complexity index is 164. The fourth-order valence-corrected chi connectivity index (χ4v) is 0. The van der Waals surface area contributed by atoms with E-state index in [9.17, 15) is 0 Å². The minimum Gasteiger partial charge on any atom is -0.760 e. The van der Waals surface area contributed by atoms with Gasteiger partial charge in [-0.05, 0) is 21.4 Å². The Balaban J connectivity index is -0.0000000910. The summed E-state index contributed by atoms with van der Waals surface area (Å²) in [5, 5.41) is 5.68. The van der Waals surface area contributed by atoms with Crippen molar-refractivity contribution in [1.29, 1.82) is 0 Å². The third-order valence-corrected chi connectivity index (χ3v) is 0. The smallest absolute Gasteiger partial charge is 0.154 e. The summed E-state index contributed by atoms with van der Waals surface area (Å²) in [6, 6.07) is 0. The van der Waals surface area contributed by atoms with Gasteiger partial charge in [-0.3, -0.25) is 4.21 Å². The van der Waals surface area contributed by atoms with Crippen LogP contribution in [0.15, 0.2) is 0 Å². The van der Waals surface area contributed by atoms with Crippen LogP contribution in [0.3, 0.4) is 0 Å². The first-order valence-corrected chi connectivity index (χ1v) is 5.39. The average molecular weight is 303 g/mol. The Morgan fingerprint density at radius 2 is 1.50 bits per heavy atom. The van der Waals surface area contributed by atoms with Crippen molar-refractivity contribution in [3.05, 3.63) is 5.14 Å². The summed E-state index contributed by atoms with van der Waals surface area (Å²) in [4.78, 5) is 0. The van der Waals surface area contributed by atoms with E-state index in [2.05, 4.69) is 21.4 Å². The molecule has 0 aliphatic heterocycles. The van der Waals surface area contributed by atoms with Gasteiger partial charge in [-0.15, -0.1) is 0 Å². The molecule has 1 N–H and O–H groups in total.